The standard InChI is InChI=1S/C12H17BrN2O2.ClH/c1-7(2)11(14)12(16)15-8-4-5-10(17-3)9(13)6-8;/h4-7,11H,14H2,1-3H3,(H,15,16);1H. The van der Waals surface area contributed by atoms with Crippen molar-refractivity contribution >= 4 is 39.9 Å². The first kappa shape index (κ1) is 17.2. The van der Waals surface area contributed by atoms with E-state index in [1.807, 2.05) is 13.8 Å². The van der Waals surface area contributed by atoms with Gasteiger partial charge in [0.2, 0.25) is 5.91 Å². The summed E-state index contributed by atoms with van der Waals surface area (Å²) in [7, 11) is 1.59. The van der Waals surface area contributed by atoms with Gasteiger partial charge in [-0.3, -0.25) is 4.79 Å². The van der Waals surface area contributed by atoms with E-state index in [0.29, 0.717) is 5.69 Å². The van der Waals surface area contributed by atoms with Crippen LogP contribution in [0, 0.1) is 5.92 Å². The zero-order valence-electron chi connectivity index (χ0n) is 10.6. The Morgan fingerprint density at radius 2 is 2.06 bits per heavy atom. The largest absolute Gasteiger partial charge is 0.496 e. The fourth-order valence-corrected chi connectivity index (χ4v) is 1.81. The molecule has 3 N–H and O–H groups in total. The Balaban J connectivity index is 0.00000289. The van der Waals surface area contributed by atoms with Gasteiger partial charge in [-0.1, -0.05) is 13.8 Å². The minimum atomic E-state index is -0.504. The van der Waals surface area contributed by atoms with Crippen molar-refractivity contribution in [3.63, 3.8) is 0 Å². The predicted molar refractivity (Wildman–Crippen MR) is 79.4 cm³/mol. The number of anilines is 1. The highest BCUT2D eigenvalue weighted by Crippen LogP contribution is 2.27. The molecule has 1 atom stereocenters. The lowest BCUT2D eigenvalue weighted by Gasteiger charge is -2.15. The first-order valence-corrected chi connectivity index (χ1v) is 6.15. The third kappa shape index (κ3) is 4.48. The van der Waals surface area contributed by atoms with Crippen LogP contribution in [0.5, 0.6) is 5.75 Å². The van der Waals surface area contributed by atoms with E-state index < -0.39 is 6.04 Å². The zero-order valence-corrected chi connectivity index (χ0v) is 13.0. The van der Waals surface area contributed by atoms with E-state index >= 15 is 0 Å². The molecule has 18 heavy (non-hydrogen) atoms. The van der Waals surface area contributed by atoms with Crippen molar-refractivity contribution in [1.82, 2.24) is 0 Å². The van der Waals surface area contributed by atoms with Crippen LogP contribution in [0.3, 0.4) is 0 Å². The van der Waals surface area contributed by atoms with Crippen molar-refractivity contribution in [2.45, 2.75) is 19.9 Å². The van der Waals surface area contributed by atoms with Crippen molar-refractivity contribution in [3.05, 3.63) is 22.7 Å². The number of nitrogens with one attached hydrogen (secondary N) is 1. The lowest BCUT2D eigenvalue weighted by Crippen LogP contribution is -2.39. The fraction of sp³-hybridized carbons (Fsp3) is 0.417. The summed E-state index contributed by atoms with van der Waals surface area (Å²) in [5.74, 6) is 0.643. The molecule has 4 nitrogen and oxygen atoms in total. The van der Waals surface area contributed by atoms with Crippen LogP contribution in [-0.4, -0.2) is 19.1 Å². The summed E-state index contributed by atoms with van der Waals surface area (Å²) in [5.41, 5.74) is 6.45. The molecule has 0 spiro atoms. The van der Waals surface area contributed by atoms with Gasteiger partial charge in [0.1, 0.15) is 5.75 Å². The first-order chi connectivity index (χ1) is 7.95. The molecule has 0 heterocycles. The highest BCUT2D eigenvalue weighted by atomic mass is 79.9. The van der Waals surface area contributed by atoms with Crippen molar-refractivity contribution < 1.29 is 9.53 Å². The molecule has 1 unspecified atom stereocenters. The molecule has 0 fully saturated rings. The summed E-state index contributed by atoms with van der Waals surface area (Å²) in [6.45, 7) is 3.82. The smallest absolute Gasteiger partial charge is 0.241 e. The molecule has 0 bridgehead atoms. The van der Waals surface area contributed by atoms with Gasteiger partial charge in [-0.25, -0.2) is 0 Å². The zero-order chi connectivity index (χ0) is 13.0. The van der Waals surface area contributed by atoms with Crippen molar-refractivity contribution in [1.29, 1.82) is 0 Å². The molecule has 0 aliphatic rings. The van der Waals surface area contributed by atoms with Gasteiger partial charge < -0.3 is 15.8 Å². The second-order valence-electron chi connectivity index (χ2n) is 4.11. The Hall–Kier alpha value is -0.780. The molecule has 0 aliphatic heterocycles. The molecule has 0 aliphatic carbocycles. The number of carbonyl (C=O) groups is 1. The van der Waals surface area contributed by atoms with E-state index in [1.54, 1.807) is 25.3 Å². The Kier molecular flexibility index (Phi) is 7.28. The van der Waals surface area contributed by atoms with Crippen LogP contribution < -0.4 is 15.8 Å². The average Bonchev–Trinajstić information content (AvgIpc) is 2.28. The quantitative estimate of drug-likeness (QED) is 0.888. The molecule has 1 rings (SSSR count). The molecule has 0 saturated heterocycles. The summed E-state index contributed by atoms with van der Waals surface area (Å²) >= 11 is 3.36. The molecule has 6 heteroatoms. The Morgan fingerprint density at radius 3 is 2.50 bits per heavy atom. The Morgan fingerprint density at radius 1 is 1.44 bits per heavy atom. The summed E-state index contributed by atoms with van der Waals surface area (Å²) in [6, 6.07) is 4.83. The van der Waals surface area contributed by atoms with Gasteiger partial charge >= 0.3 is 0 Å². The first-order valence-electron chi connectivity index (χ1n) is 5.35. The lowest BCUT2D eigenvalue weighted by atomic mass is 10.1. The number of hydrogen-bond acceptors (Lipinski definition) is 3. The number of benzene rings is 1. The van der Waals surface area contributed by atoms with Gasteiger partial charge in [0, 0.05) is 5.69 Å². The molecule has 1 amide bonds. The van der Waals surface area contributed by atoms with Gasteiger partial charge in [0.15, 0.2) is 0 Å². The number of carbonyl (C=O) groups excluding carboxylic acids is 1. The minimum Gasteiger partial charge on any atom is -0.496 e. The van der Waals surface area contributed by atoms with Crippen LogP contribution in [0.25, 0.3) is 0 Å². The topological polar surface area (TPSA) is 64.3 Å². The van der Waals surface area contributed by atoms with Crippen molar-refractivity contribution in [3.8, 4) is 5.75 Å². The summed E-state index contributed by atoms with van der Waals surface area (Å²) in [6.07, 6.45) is 0. The van der Waals surface area contributed by atoms with Crippen LogP contribution in [0.15, 0.2) is 22.7 Å². The maximum absolute atomic E-state index is 11.7. The SMILES string of the molecule is COc1ccc(NC(=O)C(N)C(C)C)cc1Br.Cl. The molecule has 1 aromatic rings. The Labute approximate surface area is 122 Å². The molecule has 0 aromatic heterocycles. The lowest BCUT2D eigenvalue weighted by molar-refractivity contribution is -0.118. The molecule has 0 radical (unpaired) electrons. The number of rotatable bonds is 4. The summed E-state index contributed by atoms with van der Waals surface area (Å²) < 4.78 is 5.89. The number of nitrogens with two attached hydrogens (primary N) is 1. The summed E-state index contributed by atoms with van der Waals surface area (Å²) in [4.78, 5) is 11.7. The molecular formula is C12H18BrClN2O2. The van der Waals surface area contributed by atoms with Crippen LogP contribution in [-0.2, 0) is 4.79 Å². The van der Waals surface area contributed by atoms with Crippen molar-refractivity contribution in [2.24, 2.45) is 11.7 Å². The number of amides is 1. The molecule has 102 valence electrons. The van der Waals surface area contributed by atoms with Gasteiger partial charge in [0.25, 0.3) is 0 Å². The average molecular weight is 338 g/mol. The predicted octanol–water partition coefficient (Wildman–Crippen LogP) is 2.80. The Bertz CT molecular complexity index is 413. The summed E-state index contributed by atoms with van der Waals surface area (Å²) in [5, 5.41) is 2.77. The van der Waals surface area contributed by atoms with Gasteiger partial charge in [-0.2, -0.15) is 0 Å². The van der Waals surface area contributed by atoms with Crippen LogP contribution in [0.2, 0.25) is 0 Å². The van der Waals surface area contributed by atoms with E-state index in [2.05, 4.69) is 21.2 Å². The minimum absolute atomic E-state index is 0. The second-order valence-corrected chi connectivity index (χ2v) is 4.96. The normalized spacial score (nSPS) is 11.7. The van der Waals surface area contributed by atoms with E-state index in [4.69, 9.17) is 10.5 Å². The van der Waals surface area contributed by atoms with E-state index in [1.165, 1.54) is 0 Å². The second kappa shape index (κ2) is 7.61. The fourth-order valence-electron chi connectivity index (χ4n) is 1.27. The molecular weight excluding hydrogens is 320 g/mol. The van der Waals surface area contributed by atoms with Crippen LogP contribution in [0.4, 0.5) is 5.69 Å². The van der Waals surface area contributed by atoms with Gasteiger partial charge in [-0.05, 0) is 40.0 Å². The van der Waals surface area contributed by atoms with E-state index in [0.717, 1.165) is 10.2 Å². The number of methoxy groups -OCH3 is 1. The van der Waals surface area contributed by atoms with Crippen LogP contribution >= 0.6 is 28.3 Å². The maximum Gasteiger partial charge on any atom is 0.241 e. The molecule has 0 saturated carbocycles. The van der Waals surface area contributed by atoms with Crippen LogP contribution in [0.1, 0.15) is 13.8 Å². The highest BCUT2D eigenvalue weighted by molar-refractivity contribution is 9.10. The van der Waals surface area contributed by atoms with Gasteiger partial charge in [-0.15, -0.1) is 12.4 Å². The number of hydrogen-bond donors (Lipinski definition) is 2. The number of ether oxygens (including phenoxy) is 1. The molecule has 1 aromatic carbocycles. The van der Waals surface area contributed by atoms with E-state index in [9.17, 15) is 4.79 Å². The number of halogens is 2. The van der Waals surface area contributed by atoms with Gasteiger partial charge in [0.05, 0.1) is 17.6 Å². The highest BCUT2D eigenvalue weighted by Gasteiger charge is 2.17. The monoisotopic (exact) mass is 336 g/mol. The van der Waals surface area contributed by atoms with Crippen molar-refractivity contribution in [2.75, 3.05) is 12.4 Å². The maximum atomic E-state index is 11.7. The third-order valence-corrected chi connectivity index (χ3v) is 3.06. The van der Waals surface area contributed by atoms with E-state index in [-0.39, 0.29) is 24.2 Å². The third-order valence-electron chi connectivity index (χ3n) is 2.44.